The molecular weight excluding hydrogens is 426 g/mol. The van der Waals surface area contributed by atoms with Gasteiger partial charge in [-0.15, -0.1) is 0 Å². The normalized spacial score (nSPS) is 14.7. The van der Waals surface area contributed by atoms with Crippen molar-refractivity contribution in [2.75, 3.05) is 7.11 Å². The highest BCUT2D eigenvalue weighted by molar-refractivity contribution is 5.95. The zero-order chi connectivity index (χ0) is 23.3. The summed E-state index contributed by atoms with van der Waals surface area (Å²) < 4.78 is 10.8. The van der Waals surface area contributed by atoms with Gasteiger partial charge in [0.05, 0.1) is 13.2 Å². The van der Waals surface area contributed by atoms with Gasteiger partial charge >= 0.3 is 6.01 Å². The summed E-state index contributed by atoms with van der Waals surface area (Å²) in [7, 11) is 1.62. The van der Waals surface area contributed by atoms with Crippen LogP contribution in [0, 0.1) is 0 Å². The number of rotatable bonds is 6. The highest BCUT2D eigenvalue weighted by Gasteiger charge is 2.21. The number of amides is 1. The number of hydrogen-bond acceptors (Lipinski definition) is 5. The number of carbonyl (C=O) groups excluding carboxylic acids is 1. The number of fused-ring (bicyclic) bond motifs is 1. The average Bonchev–Trinajstić information content (AvgIpc) is 2.90. The zero-order valence-electron chi connectivity index (χ0n) is 18.9. The van der Waals surface area contributed by atoms with Crippen molar-refractivity contribution < 1.29 is 14.3 Å². The summed E-state index contributed by atoms with van der Waals surface area (Å²) in [6, 6.07) is 23.4. The van der Waals surface area contributed by atoms with E-state index in [1.54, 1.807) is 31.6 Å². The molecule has 1 aliphatic carbocycles. The third-order valence-electron chi connectivity index (χ3n) is 6.05. The molecule has 4 aromatic rings. The molecule has 0 aliphatic heterocycles. The third kappa shape index (κ3) is 4.76. The van der Waals surface area contributed by atoms with Crippen LogP contribution in [0.15, 0.2) is 85.2 Å². The minimum Gasteiger partial charge on any atom is -0.497 e. The van der Waals surface area contributed by atoms with Crippen LogP contribution in [0.5, 0.6) is 17.5 Å². The largest absolute Gasteiger partial charge is 0.497 e. The van der Waals surface area contributed by atoms with Gasteiger partial charge in [-0.3, -0.25) is 4.79 Å². The second kappa shape index (κ2) is 9.75. The van der Waals surface area contributed by atoms with E-state index in [1.165, 1.54) is 11.1 Å². The summed E-state index contributed by atoms with van der Waals surface area (Å²) in [4.78, 5) is 21.5. The Morgan fingerprint density at radius 2 is 1.59 bits per heavy atom. The van der Waals surface area contributed by atoms with Crippen molar-refractivity contribution in [2.45, 2.75) is 25.3 Å². The highest BCUT2D eigenvalue weighted by atomic mass is 16.5. The molecule has 1 heterocycles. The van der Waals surface area contributed by atoms with Gasteiger partial charge in [0.25, 0.3) is 5.91 Å². The molecule has 1 N–H and O–H groups in total. The fourth-order valence-corrected chi connectivity index (χ4v) is 4.23. The lowest BCUT2D eigenvalue weighted by molar-refractivity contribution is 0.0933. The Morgan fingerprint density at radius 1 is 0.882 bits per heavy atom. The van der Waals surface area contributed by atoms with Gasteiger partial charge in [0.1, 0.15) is 11.5 Å². The number of nitrogens with one attached hydrogen (secondary N) is 1. The van der Waals surface area contributed by atoms with Crippen LogP contribution in [0.4, 0.5) is 0 Å². The van der Waals surface area contributed by atoms with Crippen molar-refractivity contribution in [3.63, 3.8) is 0 Å². The lowest BCUT2D eigenvalue weighted by atomic mass is 9.87. The highest BCUT2D eigenvalue weighted by Crippen LogP contribution is 2.30. The first-order valence-corrected chi connectivity index (χ1v) is 11.3. The minimum absolute atomic E-state index is 0.0590. The molecule has 0 unspecified atom stereocenters. The molecule has 3 aromatic carbocycles. The Bertz CT molecular complexity index is 1270. The predicted octanol–water partition coefficient (Wildman–Crippen LogP) is 5.75. The maximum absolute atomic E-state index is 12.9. The van der Waals surface area contributed by atoms with Crippen LogP contribution in [0.25, 0.3) is 11.1 Å². The van der Waals surface area contributed by atoms with Crippen molar-refractivity contribution in [1.29, 1.82) is 0 Å². The van der Waals surface area contributed by atoms with Crippen molar-refractivity contribution in [1.82, 2.24) is 15.3 Å². The third-order valence-corrected chi connectivity index (χ3v) is 6.05. The standard InChI is InChI=1S/C28H25N3O3/c1-33-23-13-15-24(16-14-23)34-28-29-17-22(18-30-28)19-9-11-21(12-10-19)27(32)31-26-8-4-6-20-5-2-3-7-25(20)26/h2-3,5,7,9-18,26H,4,6,8H2,1H3,(H,31,32)/t26-/m1/s1. The first-order chi connectivity index (χ1) is 16.7. The zero-order valence-corrected chi connectivity index (χ0v) is 18.9. The molecule has 0 saturated carbocycles. The number of carbonyl (C=O) groups is 1. The minimum atomic E-state index is -0.0623. The first kappa shape index (κ1) is 21.6. The number of aryl methyl sites for hydroxylation is 1. The molecule has 1 aliphatic rings. The molecule has 34 heavy (non-hydrogen) atoms. The van der Waals surface area contributed by atoms with Crippen molar-refractivity contribution >= 4 is 5.91 Å². The molecule has 1 aromatic heterocycles. The smallest absolute Gasteiger partial charge is 0.321 e. The molecule has 6 heteroatoms. The molecule has 0 fully saturated rings. The summed E-state index contributed by atoms with van der Waals surface area (Å²) >= 11 is 0. The molecule has 1 atom stereocenters. The van der Waals surface area contributed by atoms with Crippen molar-refractivity contribution in [3.05, 3.63) is 102 Å². The van der Waals surface area contributed by atoms with Gasteiger partial charge in [-0.25, -0.2) is 9.97 Å². The Kier molecular flexibility index (Phi) is 6.21. The first-order valence-electron chi connectivity index (χ1n) is 11.3. The molecule has 0 bridgehead atoms. The van der Waals surface area contributed by atoms with E-state index in [2.05, 4.69) is 33.5 Å². The summed E-state index contributed by atoms with van der Waals surface area (Å²) in [6.45, 7) is 0. The molecule has 170 valence electrons. The van der Waals surface area contributed by atoms with Gasteiger partial charge in [0.15, 0.2) is 0 Å². The Hall–Kier alpha value is -4.19. The van der Waals surface area contributed by atoms with Crippen LogP contribution >= 0.6 is 0 Å². The molecule has 6 nitrogen and oxygen atoms in total. The van der Waals surface area contributed by atoms with Crippen molar-refractivity contribution in [3.8, 4) is 28.6 Å². The lowest BCUT2D eigenvalue weighted by Crippen LogP contribution is -2.30. The number of methoxy groups -OCH3 is 1. The van der Waals surface area contributed by atoms with Crippen molar-refractivity contribution in [2.24, 2.45) is 0 Å². The fraction of sp³-hybridized carbons (Fsp3) is 0.179. The number of ether oxygens (including phenoxy) is 2. The Morgan fingerprint density at radius 3 is 2.32 bits per heavy atom. The van der Waals surface area contributed by atoms with Gasteiger partial charge in [0.2, 0.25) is 0 Å². The van der Waals surface area contributed by atoms with Gasteiger partial charge < -0.3 is 14.8 Å². The van der Waals surface area contributed by atoms with E-state index in [-0.39, 0.29) is 18.0 Å². The average molecular weight is 452 g/mol. The van der Waals surface area contributed by atoms with E-state index in [0.29, 0.717) is 11.3 Å². The monoisotopic (exact) mass is 451 g/mol. The van der Waals surface area contributed by atoms with E-state index < -0.39 is 0 Å². The SMILES string of the molecule is COc1ccc(Oc2ncc(-c3ccc(C(=O)N[C@@H]4CCCc5ccccc54)cc3)cn2)cc1. The summed E-state index contributed by atoms with van der Waals surface area (Å²) in [5, 5.41) is 3.20. The van der Waals surface area contributed by atoms with Crippen LogP contribution in [0.3, 0.4) is 0 Å². The van der Waals surface area contributed by atoms with E-state index in [0.717, 1.165) is 36.1 Å². The molecule has 0 radical (unpaired) electrons. The quantitative estimate of drug-likeness (QED) is 0.404. The van der Waals surface area contributed by atoms with E-state index >= 15 is 0 Å². The molecular formula is C28H25N3O3. The summed E-state index contributed by atoms with van der Waals surface area (Å²) in [6.07, 6.45) is 6.53. The topological polar surface area (TPSA) is 73.3 Å². The van der Waals surface area contributed by atoms with Crippen LogP contribution in [-0.2, 0) is 6.42 Å². The maximum Gasteiger partial charge on any atom is 0.321 e. The van der Waals surface area contributed by atoms with Crippen LogP contribution < -0.4 is 14.8 Å². The van der Waals surface area contributed by atoms with Gasteiger partial charge in [-0.2, -0.15) is 0 Å². The number of hydrogen-bond donors (Lipinski definition) is 1. The van der Waals surface area contributed by atoms with Gasteiger partial charge in [0, 0.05) is 23.5 Å². The summed E-state index contributed by atoms with van der Waals surface area (Å²) in [5.41, 5.74) is 4.96. The second-order valence-corrected chi connectivity index (χ2v) is 8.23. The van der Waals surface area contributed by atoms with Crippen LogP contribution in [0.2, 0.25) is 0 Å². The lowest BCUT2D eigenvalue weighted by Gasteiger charge is -2.26. The van der Waals surface area contributed by atoms with Gasteiger partial charge in [-0.05, 0) is 72.4 Å². The number of benzene rings is 3. The molecule has 1 amide bonds. The number of nitrogens with zero attached hydrogens (tertiary/aromatic N) is 2. The van der Waals surface area contributed by atoms with Crippen LogP contribution in [-0.4, -0.2) is 23.0 Å². The Labute approximate surface area is 198 Å². The predicted molar refractivity (Wildman–Crippen MR) is 130 cm³/mol. The van der Waals surface area contributed by atoms with Gasteiger partial charge in [-0.1, -0.05) is 36.4 Å². The van der Waals surface area contributed by atoms with E-state index in [9.17, 15) is 4.79 Å². The Balaban J connectivity index is 1.23. The number of aromatic nitrogens is 2. The second-order valence-electron chi connectivity index (χ2n) is 8.23. The molecule has 0 saturated heterocycles. The van der Waals surface area contributed by atoms with E-state index in [4.69, 9.17) is 9.47 Å². The van der Waals surface area contributed by atoms with Crippen LogP contribution in [0.1, 0.15) is 40.4 Å². The fourth-order valence-electron chi connectivity index (χ4n) is 4.23. The maximum atomic E-state index is 12.9. The summed E-state index contributed by atoms with van der Waals surface area (Å²) in [5.74, 6) is 1.32. The van der Waals surface area contributed by atoms with E-state index in [1.807, 2.05) is 42.5 Å². The molecule has 5 rings (SSSR count). The molecule has 0 spiro atoms.